The molecule has 142 valence electrons. The van der Waals surface area contributed by atoms with Crippen LogP contribution in [-0.4, -0.2) is 47.0 Å². The number of benzene rings is 1. The summed E-state index contributed by atoms with van der Waals surface area (Å²) in [4.78, 5) is 16.6. The van der Waals surface area contributed by atoms with E-state index in [0.29, 0.717) is 18.8 Å². The lowest BCUT2D eigenvalue weighted by Crippen LogP contribution is -2.30. The topological polar surface area (TPSA) is 84.3 Å². The lowest BCUT2D eigenvalue weighted by molar-refractivity contribution is -0.113. The van der Waals surface area contributed by atoms with Crippen LogP contribution in [0.5, 0.6) is 0 Å². The van der Waals surface area contributed by atoms with Gasteiger partial charge in [-0.05, 0) is 25.1 Å². The van der Waals surface area contributed by atoms with Crippen molar-refractivity contribution < 1.29 is 13.2 Å². The van der Waals surface area contributed by atoms with Crippen LogP contribution >= 0.6 is 11.8 Å². The third-order valence-electron chi connectivity index (χ3n) is 3.81. The summed E-state index contributed by atoms with van der Waals surface area (Å²) in [6, 6.07) is 6.33. The minimum Gasteiger partial charge on any atom is -0.326 e. The molecule has 0 saturated carbocycles. The van der Waals surface area contributed by atoms with Crippen LogP contribution in [0.15, 0.2) is 46.7 Å². The molecule has 2 rings (SSSR count). The first-order chi connectivity index (χ1) is 12.4. The van der Waals surface area contributed by atoms with E-state index in [0.717, 1.165) is 11.7 Å². The molecule has 0 unspecified atom stereocenters. The van der Waals surface area contributed by atoms with Crippen molar-refractivity contribution >= 4 is 33.4 Å². The van der Waals surface area contributed by atoms with Gasteiger partial charge in [-0.15, -0.1) is 0 Å². The van der Waals surface area contributed by atoms with Crippen LogP contribution in [0.25, 0.3) is 0 Å². The largest absolute Gasteiger partial charge is 0.326 e. The van der Waals surface area contributed by atoms with Crippen molar-refractivity contribution in [2.24, 2.45) is 0 Å². The number of imidazole rings is 1. The maximum atomic E-state index is 12.6. The van der Waals surface area contributed by atoms with Crippen molar-refractivity contribution in [1.82, 2.24) is 13.9 Å². The molecule has 0 aliphatic rings. The molecule has 0 fully saturated rings. The van der Waals surface area contributed by atoms with Crippen LogP contribution in [0.4, 0.5) is 5.69 Å². The van der Waals surface area contributed by atoms with Gasteiger partial charge in [0.25, 0.3) is 0 Å². The van der Waals surface area contributed by atoms with Crippen molar-refractivity contribution in [2.75, 3.05) is 24.2 Å². The van der Waals surface area contributed by atoms with Crippen LogP contribution in [0.3, 0.4) is 0 Å². The molecule has 1 aromatic carbocycles. The van der Waals surface area contributed by atoms with Gasteiger partial charge in [0, 0.05) is 37.7 Å². The molecule has 1 aromatic heterocycles. The Balaban J connectivity index is 2.05. The number of carbonyl (C=O) groups excluding carboxylic acids is 1. The lowest BCUT2D eigenvalue weighted by Gasteiger charge is -2.18. The summed E-state index contributed by atoms with van der Waals surface area (Å²) in [6.45, 7) is 7.18. The summed E-state index contributed by atoms with van der Waals surface area (Å²) in [6.07, 6.45) is 3.56. The Morgan fingerprint density at radius 2 is 2.00 bits per heavy atom. The van der Waals surface area contributed by atoms with E-state index in [1.807, 2.05) is 17.7 Å². The highest BCUT2D eigenvalue weighted by atomic mass is 32.2. The second-order valence-corrected chi connectivity index (χ2v) is 8.33. The Morgan fingerprint density at radius 1 is 1.27 bits per heavy atom. The van der Waals surface area contributed by atoms with Crippen molar-refractivity contribution in [2.45, 2.75) is 37.4 Å². The Morgan fingerprint density at radius 3 is 2.65 bits per heavy atom. The van der Waals surface area contributed by atoms with Crippen LogP contribution in [-0.2, 0) is 21.4 Å². The van der Waals surface area contributed by atoms with Gasteiger partial charge in [0.2, 0.25) is 15.9 Å². The number of sulfonamides is 1. The molecular formula is C17H24N4O3S2. The fourth-order valence-corrected chi connectivity index (χ4v) is 4.78. The molecule has 0 aliphatic carbocycles. The zero-order valence-electron chi connectivity index (χ0n) is 15.2. The van der Waals surface area contributed by atoms with E-state index in [2.05, 4.69) is 10.3 Å². The van der Waals surface area contributed by atoms with E-state index in [4.69, 9.17) is 0 Å². The molecule has 0 spiro atoms. The molecule has 0 atom stereocenters. The summed E-state index contributed by atoms with van der Waals surface area (Å²) in [5.41, 5.74) is 0.461. The van der Waals surface area contributed by atoms with Crippen molar-refractivity contribution in [3.63, 3.8) is 0 Å². The number of anilines is 1. The predicted octanol–water partition coefficient (Wildman–Crippen LogP) is 2.66. The minimum atomic E-state index is -3.55. The van der Waals surface area contributed by atoms with Crippen molar-refractivity contribution in [3.05, 3.63) is 36.7 Å². The molecule has 0 bridgehead atoms. The normalized spacial score (nSPS) is 11.7. The SMILES string of the molecule is CCN(CC)S(=O)(=O)c1cccc(NC(=O)CSc2nccn2CC)c1. The van der Waals surface area contributed by atoms with Gasteiger partial charge in [-0.25, -0.2) is 13.4 Å². The van der Waals surface area contributed by atoms with Gasteiger partial charge in [0.15, 0.2) is 5.16 Å². The summed E-state index contributed by atoms with van der Waals surface area (Å²) < 4.78 is 28.5. The number of hydrogen-bond acceptors (Lipinski definition) is 5. The van der Waals surface area contributed by atoms with Gasteiger partial charge < -0.3 is 9.88 Å². The highest BCUT2D eigenvalue weighted by molar-refractivity contribution is 7.99. The molecule has 9 heteroatoms. The molecule has 0 radical (unpaired) electrons. The molecule has 2 aromatic rings. The standard InChI is InChI=1S/C17H24N4O3S2/c1-4-20-11-10-18-17(20)25-13-16(22)19-14-8-7-9-15(12-14)26(23,24)21(5-2)6-3/h7-12H,4-6,13H2,1-3H3,(H,19,22). The van der Waals surface area contributed by atoms with Crippen molar-refractivity contribution in [3.8, 4) is 0 Å². The maximum absolute atomic E-state index is 12.6. The van der Waals surface area contributed by atoms with E-state index in [9.17, 15) is 13.2 Å². The number of carbonyl (C=O) groups is 1. The highest BCUT2D eigenvalue weighted by Crippen LogP contribution is 2.20. The average Bonchev–Trinajstić information content (AvgIpc) is 3.08. The number of rotatable bonds is 9. The molecule has 1 N–H and O–H groups in total. The smallest absolute Gasteiger partial charge is 0.243 e. The Bertz CT molecular complexity index is 845. The summed E-state index contributed by atoms with van der Waals surface area (Å²) in [5.74, 6) is -0.0117. The second kappa shape index (κ2) is 9.20. The molecule has 0 saturated heterocycles. The third kappa shape index (κ3) is 4.87. The van der Waals surface area contributed by atoms with E-state index in [1.54, 1.807) is 32.2 Å². The quantitative estimate of drug-likeness (QED) is 0.659. The third-order valence-corrected chi connectivity index (χ3v) is 6.86. The number of amides is 1. The lowest BCUT2D eigenvalue weighted by atomic mass is 10.3. The Hall–Kier alpha value is -1.84. The zero-order chi connectivity index (χ0) is 19.2. The Kier molecular flexibility index (Phi) is 7.24. The second-order valence-electron chi connectivity index (χ2n) is 5.45. The van der Waals surface area contributed by atoms with Gasteiger partial charge in [0.05, 0.1) is 10.6 Å². The number of aryl methyl sites for hydroxylation is 1. The number of aromatic nitrogens is 2. The number of hydrogen-bond donors (Lipinski definition) is 1. The minimum absolute atomic E-state index is 0.174. The summed E-state index contributed by atoms with van der Waals surface area (Å²) >= 11 is 1.34. The van der Waals surface area contributed by atoms with Gasteiger partial charge in [-0.1, -0.05) is 31.7 Å². The average molecular weight is 397 g/mol. The van der Waals surface area contributed by atoms with Gasteiger partial charge in [-0.2, -0.15) is 4.31 Å². The van der Waals surface area contributed by atoms with Crippen LogP contribution < -0.4 is 5.32 Å². The molecule has 1 heterocycles. The monoisotopic (exact) mass is 396 g/mol. The van der Waals surface area contributed by atoms with E-state index in [-0.39, 0.29) is 16.6 Å². The zero-order valence-corrected chi connectivity index (χ0v) is 16.8. The fraction of sp³-hybridized carbons (Fsp3) is 0.412. The number of thioether (sulfide) groups is 1. The Labute approximate surface area is 158 Å². The molecule has 7 nitrogen and oxygen atoms in total. The molecule has 26 heavy (non-hydrogen) atoms. The highest BCUT2D eigenvalue weighted by Gasteiger charge is 2.21. The van der Waals surface area contributed by atoms with E-state index in [1.165, 1.54) is 28.2 Å². The first kappa shape index (κ1) is 20.5. The van der Waals surface area contributed by atoms with E-state index < -0.39 is 10.0 Å². The van der Waals surface area contributed by atoms with E-state index >= 15 is 0 Å². The predicted molar refractivity (Wildman–Crippen MR) is 104 cm³/mol. The first-order valence-electron chi connectivity index (χ1n) is 8.46. The van der Waals surface area contributed by atoms with Gasteiger partial charge >= 0.3 is 0 Å². The molecule has 0 aliphatic heterocycles. The molecular weight excluding hydrogens is 372 g/mol. The maximum Gasteiger partial charge on any atom is 0.243 e. The number of nitrogens with zero attached hydrogens (tertiary/aromatic N) is 3. The van der Waals surface area contributed by atoms with Crippen LogP contribution in [0.2, 0.25) is 0 Å². The fourth-order valence-electron chi connectivity index (χ4n) is 2.45. The van der Waals surface area contributed by atoms with Crippen LogP contribution in [0.1, 0.15) is 20.8 Å². The van der Waals surface area contributed by atoms with Crippen LogP contribution in [0, 0.1) is 0 Å². The summed E-state index contributed by atoms with van der Waals surface area (Å²) in [5, 5.41) is 3.53. The van der Waals surface area contributed by atoms with Gasteiger partial charge in [-0.3, -0.25) is 4.79 Å². The van der Waals surface area contributed by atoms with Crippen molar-refractivity contribution in [1.29, 1.82) is 0 Å². The van der Waals surface area contributed by atoms with Gasteiger partial charge in [0.1, 0.15) is 0 Å². The number of nitrogens with one attached hydrogen (secondary N) is 1. The summed E-state index contributed by atoms with van der Waals surface area (Å²) in [7, 11) is -3.55. The first-order valence-corrected chi connectivity index (χ1v) is 10.9. The molecule has 1 amide bonds.